The molecule has 0 spiro atoms. The van der Waals surface area contributed by atoms with Gasteiger partial charge in [-0.05, 0) is 38.1 Å². The van der Waals surface area contributed by atoms with E-state index >= 15 is 0 Å². The third kappa shape index (κ3) is 5.37. The van der Waals surface area contributed by atoms with Gasteiger partial charge in [0.05, 0.1) is 38.2 Å². The Bertz CT molecular complexity index is 1110. The Hall–Kier alpha value is -3.86. The van der Waals surface area contributed by atoms with Crippen LogP contribution in [0.25, 0.3) is 0 Å². The number of nitrogens with one attached hydrogen (secondary N) is 2. The van der Waals surface area contributed by atoms with Crippen molar-refractivity contribution in [3.8, 4) is 5.75 Å². The van der Waals surface area contributed by atoms with Crippen molar-refractivity contribution in [3.05, 3.63) is 57.9 Å². The van der Waals surface area contributed by atoms with Crippen molar-refractivity contribution in [2.75, 3.05) is 26.6 Å². The van der Waals surface area contributed by atoms with E-state index in [-0.39, 0.29) is 17.8 Å². The van der Waals surface area contributed by atoms with E-state index in [2.05, 4.69) is 15.6 Å². The SMILES string of the molecule is COC(=O)C1=C(C)NC(C)=C(C(=O)OC)C1C(=O)OCc1csc(Nc2ccc(OC)cc2)n1. The minimum absolute atomic E-state index is 0.0151. The molecule has 1 aromatic carbocycles. The zero-order valence-corrected chi connectivity index (χ0v) is 20.2. The molecule has 0 amide bonds. The standard InChI is InChI=1S/C23H25N3O7S/c1-12-17(20(27)31-4)19(18(13(2)24-12)21(28)32-5)22(29)33-10-15-11-34-23(26-15)25-14-6-8-16(30-3)9-7-14/h6-9,11,19,24H,10H2,1-5H3,(H,25,26). The number of dihydropyridines is 1. The second-order valence-corrected chi connectivity index (χ2v) is 8.08. The fourth-order valence-corrected chi connectivity index (χ4v) is 4.16. The molecule has 180 valence electrons. The molecule has 0 saturated carbocycles. The van der Waals surface area contributed by atoms with Gasteiger partial charge in [-0.25, -0.2) is 14.6 Å². The maximum Gasteiger partial charge on any atom is 0.336 e. The smallest absolute Gasteiger partial charge is 0.336 e. The highest BCUT2D eigenvalue weighted by Gasteiger charge is 2.42. The number of allylic oxidation sites excluding steroid dienone is 2. The van der Waals surface area contributed by atoms with Crippen molar-refractivity contribution < 1.29 is 33.3 Å². The molecule has 1 aliphatic rings. The van der Waals surface area contributed by atoms with Crippen molar-refractivity contribution in [1.82, 2.24) is 10.3 Å². The van der Waals surface area contributed by atoms with Crippen LogP contribution in [0.3, 0.4) is 0 Å². The Kier molecular flexibility index (Phi) is 7.90. The molecular formula is C23H25N3O7S. The average Bonchev–Trinajstić information content (AvgIpc) is 3.28. The van der Waals surface area contributed by atoms with Crippen LogP contribution in [0.5, 0.6) is 5.75 Å². The van der Waals surface area contributed by atoms with Gasteiger partial charge in [0.15, 0.2) is 5.13 Å². The molecule has 0 saturated heterocycles. The van der Waals surface area contributed by atoms with Gasteiger partial charge in [-0.15, -0.1) is 11.3 Å². The Labute approximate surface area is 200 Å². The third-order valence-corrected chi connectivity index (χ3v) is 5.87. The van der Waals surface area contributed by atoms with Crippen molar-refractivity contribution >= 4 is 40.1 Å². The van der Waals surface area contributed by atoms with Gasteiger partial charge in [0.1, 0.15) is 18.3 Å². The van der Waals surface area contributed by atoms with Crippen LogP contribution in [0, 0.1) is 5.92 Å². The van der Waals surface area contributed by atoms with Gasteiger partial charge in [0.25, 0.3) is 0 Å². The van der Waals surface area contributed by atoms with E-state index in [9.17, 15) is 14.4 Å². The largest absolute Gasteiger partial charge is 0.497 e. The van der Waals surface area contributed by atoms with Gasteiger partial charge < -0.3 is 29.6 Å². The van der Waals surface area contributed by atoms with Gasteiger partial charge in [-0.3, -0.25) is 4.79 Å². The van der Waals surface area contributed by atoms with Crippen LogP contribution >= 0.6 is 11.3 Å². The maximum absolute atomic E-state index is 13.1. The summed E-state index contributed by atoms with van der Waals surface area (Å²) in [6.07, 6.45) is 0. The summed E-state index contributed by atoms with van der Waals surface area (Å²) in [5, 5.41) is 8.44. The van der Waals surface area contributed by atoms with E-state index in [1.807, 2.05) is 24.3 Å². The van der Waals surface area contributed by atoms with Gasteiger partial charge >= 0.3 is 17.9 Å². The van der Waals surface area contributed by atoms with Crippen molar-refractivity contribution in [1.29, 1.82) is 0 Å². The third-order valence-electron chi connectivity index (χ3n) is 5.06. The van der Waals surface area contributed by atoms with Gasteiger partial charge in [0.2, 0.25) is 0 Å². The second-order valence-electron chi connectivity index (χ2n) is 7.22. The van der Waals surface area contributed by atoms with Gasteiger partial charge in [-0.2, -0.15) is 0 Å². The van der Waals surface area contributed by atoms with Crippen molar-refractivity contribution in [3.63, 3.8) is 0 Å². The second kappa shape index (κ2) is 10.8. The number of aromatic nitrogens is 1. The zero-order valence-electron chi connectivity index (χ0n) is 19.4. The van der Waals surface area contributed by atoms with E-state index in [1.165, 1.54) is 25.6 Å². The Morgan fingerprint density at radius 2 is 1.59 bits per heavy atom. The number of carbonyl (C=O) groups excluding carboxylic acids is 3. The normalized spacial score (nSPS) is 13.8. The van der Waals surface area contributed by atoms with Gasteiger partial charge in [0, 0.05) is 22.5 Å². The fraction of sp³-hybridized carbons (Fsp3) is 0.304. The summed E-state index contributed by atoms with van der Waals surface area (Å²) in [5.74, 6) is -2.85. The van der Waals surface area contributed by atoms with E-state index in [0.717, 1.165) is 11.4 Å². The molecule has 0 atom stereocenters. The predicted molar refractivity (Wildman–Crippen MR) is 124 cm³/mol. The fourth-order valence-electron chi connectivity index (χ4n) is 3.45. The molecule has 10 nitrogen and oxygen atoms in total. The average molecular weight is 488 g/mol. The first-order chi connectivity index (χ1) is 16.3. The van der Waals surface area contributed by atoms with E-state index < -0.39 is 23.8 Å². The summed E-state index contributed by atoms with van der Waals surface area (Å²) in [5.41, 5.74) is 2.07. The Morgan fingerprint density at radius 1 is 1.00 bits per heavy atom. The molecule has 34 heavy (non-hydrogen) atoms. The van der Waals surface area contributed by atoms with E-state index in [0.29, 0.717) is 22.2 Å². The topological polar surface area (TPSA) is 125 Å². The molecule has 2 heterocycles. The number of anilines is 2. The lowest BCUT2D eigenvalue weighted by atomic mass is 9.85. The lowest BCUT2D eigenvalue weighted by Gasteiger charge is -2.28. The molecule has 0 radical (unpaired) electrons. The molecule has 0 bridgehead atoms. The summed E-state index contributed by atoms with van der Waals surface area (Å²) in [6.45, 7) is 3.08. The summed E-state index contributed by atoms with van der Waals surface area (Å²) >= 11 is 1.34. The lowest BCUT2D eigenvalue weighted by Crippen LogP contribution is -2.37. The van der Waals surface area contributed by atoms with Crippen LogP contribution < -0.4 is 15.4 Å². The monoisotopic (exact) mass is 487 g/mol. The number of thiazole rings is 1. The molecule has 1 aromatic heterocycles. The number of nitrogens with zero attached hydrogens (tertiary/aromatic N) is 1. The molecule has 1 aliphatic heterocycles. The predicted octanol–water partition coefficient (Wildman–Crippen LogP) is 3.05. The summed E-state index contributed by atoms with van der Waals surface area (Å²) in [4.78, 5) is 42.3. The van der Waals surface area contributed by atoms with Crippen LogP contribution in [0.2, 0.25) is 0 Å². The number of esters is 3. The molecule has 11 heteroatoms. The highest BCUT2D eigenvalue weighted by atomic mass is 32.1. The van der Waals surface area contributed by atoms with Crippen LogP contribution in [0.15, 0.2) is 52.2 Å². The van der Waals surface area contributed by atoms with Crippen LogP contribution in [-0.4, -0.2) is 44.2 Å². The summed E-state index contributed by atoms with van der Waals surface area (Å²) in [6, 6.07) is 7.34. The highest BCUT2D eigenvalue weighted by molar-refractivity contribution is 7.13. The van der Waals surface area contributed by atoms with Crippen LogP contribution in [0.1, 0.15) is 19.5 Å². The molecule has 3 rings (SSSR count). The quantitative estimate of drug-likeness (QED) is 0.424. The van der Waals surface area contributed by atoms with Crippen LogP contribution in [0.4, 0.5) is 10.8 Å². The Morgan fingerprint density at radius 3 is 2.12 bits per heavy atom. The lowest BCUT2D eigenvalue weighted by molar-refractivity contribution is -0.152. The highest BCUT2D eigenvalue weighted by Crippen LogP contribution is 2.33. The molecule has 0 aliphatic carbocycles. The first-order valence-corrected chi connectivity index (χ1v) is 11.0. The van der Waals surface area contributed by atoms with Crippen LogP contribution in [-0.2, 0) is 35.2 Å². The number of ether oxygens (including phenoxy) is 4. The summed E-state index contributed by atoms with van der Waals surface area (Å²) < 4.78 is 20.3. The Balaban J connectivity index is 1.75. The molecule has 0 fully saturated rings. The summed E-state index contributed by atoms with van der Waals surface area (Å²) in [7, 11) is 3.98. The maximum atomic E-state index is 13.1. The number of methoxy groups -OCH3 is 3. The van der Waals surface area contributed by atoms with Gasteiger partial charge in [-0.1, -0.05) is 0 Å². The number of benzene rings is 1. The molecule has 2 aromatic rings. The minimum atomic E-state index is -1.29. The van der Waals surface area contributed by atoms with E-state index in [1.54, 1.807) is 26.3 Å². The minimum Gasteiger partial charge on any atom is -0.497 e. The van der Waals surface area contributed by atoms with Crippen molar-refractivity contribution in [2.45, 2.75) is 20.5 Å². The number of hydrogen-bond donors (Lipinski definition) is 2. The number of rotatable bonds is 8. The molecular weight excluding hydrogens is 462 g/mol. The number of carbonyl (C=O) groups is 3. The van der Waals surface area contributed by atoms with E-state index in [4.69, 9.17) is 18.9 Å². The molecule has 2 N–H and O–H groups in total. The zero-order chi connectivity index (χ0) is 24.8. The molecule has 0 unspecified atom stereocenters. The first-order valence-electron chi connectivity index (χ1n) is 10.2. The number of hydrogen-bond acceptors (Lipinski definition) is 11. The first kappa shape index (κ1) is 24.8. The van der Waals surface area contributed by atoms with Crippen molar-refractivity contribution in [2.24, 2.45) is 5.92 Å².